The van der Waals surface area contributed by atoms with E-state index in [1.54, 1.807) is 24.8 Å². The molecule has 0 radical (unpaired) electrons. The van der Waals surface area contributed by atoms with Crippen molar-refractivity contribution in [2.75, 3.05) is 14.2 Å². The summed E-state index contributed by atoms with van der Waals surface area (Å²) < 4.78 is 17.5. The first-order chi connectivity index (χ1) is 11.7. The van der Waals surface area contributed by atoms with Crippen molar-refractivity contribution in [3.8, 4) is 33.7 Å². The molecule has 3 heterocycles. The molecule has 0 aliphatic carbocycles. The zero-order valence-electron chi connectivity index (χ0n) is 13.2. The summed E-state index contributed by atoms with van der Waals surface area (Å²) in [6.07, 6.45) is 0. The van der Waals surface area contributed by atoms with Crippen LogP contribution in [0, 0.1) is 6.92 Å². The van der Waals surface area contributed by atoms with Crippen LogP contribution in [0.4, 0.5) is 0 Å². The Hall–Kier alpha value is -2.94. The number of rotatable bonds is 4. The minimum absolute atomic E-state index is 0.598. The number of aryl methyl sites for hydroxylation is 1. The van der Waals surface area contributed by atoms with Crippen LogP contribution in [0.2, 0.25) is 0 Å². The van der Waals surface area contributed by atoms with Crippen LogP contribution >= 0.6 is 11.3 Å². The summed E-state index contributed by atoms with van der Waals surface area (Å²) in [5.41, 5.74) is 1.60. The molecule has 0 atom stereocenters. The summed E-state index contributed by atoms with van der Waals surface area (Å²) in [7, 11) is 3.20. The summed E-state index contributed by atoms with van der Waals surface area (Å²) >= 11 is 1.38. The molecule has 0 aliphatic rings. The van der Waals surface area contributed by atoms with E-state index in [9.17, 15) is 0 Å². The molecule has 24 heavy (non-hydrogen) atoms. The monoisotopic (exact) mass is 343 g/mol. The summed E-state index contributed by atoms with van der Waals surface area (Å²) in [5.74, 6) is 2.54. The number of fused-ring (bicyclic) bond motifs is 1. The second-order valence-corrected chi connectivity index (χ2v) is 6.02. The topological polar surface area (TPSA) is 87.6 Å². The van der Waals surface area contributed by atoms with Crippen LogP contribution in [-0.2, 0) is 0 Å². The first-order valence-electron chi connectivity index (χ1n) is 7.07. The van der Waals surface area contributed by atoms with Crippen LogP contribution in [0.3, 0.4) is 0 Å². The van der Waals surface area contributed by atoms with Gasteiger partial charge in [-0.2, -0.15) is 4.52 Å². The highest BCUT2D eigenvalue weighted by atomic mass is 32.1. The highest BCUT2D eigenvalue weighted by molar-refractivity contribution is 7.19. The predicted molar refractivity (Wildman–Crippen MR) is 87.4 cm³/mol. The number of benzene rings is 1. The molecular formula is C15H13N5O3S. The average molecular weight is 343 g/mol. The van der Waals surface area contributed by atoms with Gasteiger partial charge in [0.1, 0.15) is 11.5 Å². The van der Waals surface area contributed by atoms with E-state index in [0.717, 1.165) is 11.3 Å². The summed E-state index contributed by atoms with van der Waals surface area (Å²) in [6.45, 7) is 1.86. The van der Waals surface area contributed by atoms with Gasteiger partial charge in [0, 0.05) is 17.7 Å². The lowest BCUT2D eigenvalue weighted by Gasteiger charge is -2.06. The van der Waals surface area contributed by atoms with Crippen molar-refractivity contribution in [1.82, 2.24) is 25.0 Å². The van der Waals surface area contributed by atoms with Crippen molar-refractivity contribution < 1.29 is 14.0 Å². The van der Waals surface area contributed by atoms with E-state index in [4.69, 9.17) is 14.0 Å². The molecule has 0 spiro atoms. The Morgan fingerprint density at radius 1 is 1.04 bits per heavy atom. The Kier molecular flexibility index (Phi) is 3.42. The lowest BCUT2D eigenvalue weighted by Crippen LogP contribution is -1.93. The van der Waals surface area contributed by atoms with Crippen LogP contribution in [0.1, 0.15) is 5.69 Å². The molecule has 0 amide bonds. The van der Waals surface area contributed by atoms with Gasteiger partial charge in [0.25, 0.3) is 0 Å². The molecule has 9 heteroatoms. The third-order valence-corrected chi connectivity index (χ3v) is 4.35. The van der Waals surface area contributed by atoms with E-state index < -0.39 is 0 Å². The van der Waals surface area contributed by atoms with E-state index in [2.05, 4.69) is 20.5 Å². The minimum Gasteiger partial charge on any atom is -0.497 e. The van der Waals surface area contributed by atoms with E-state index in [-0.39, 0.29) is 0 Å². The second-order valence-electron chi connectivity index (χ2n) is 5.06. The summed E-state index contributed by atoms with van der Waals surface area (Å²) in [4.78, 5) is 0.663. The van der Waals surface area contributed by atoms with E-state index in [1.165, 1.54) is 11.3 Å². The van der Waals surface area contributed by atoms with Crippen molar-refractivity contribution in [3.05, 3.63) is 30.0 Å². The maximum atomic E-state index is 5.31. The first kappa shape index (κ1) is 14.6. The lowest BCUT2D eigenvalue weighted by molar-refractivity contribution is 0.394. The molecular weight excluding hydrogens is 330 g/mol. The molecule has 122 valence electrons. The Morgan fingerprint density at radius 3 is 2.42 bits per heavy atom. The van der Waals surface area contributed by atoms with Crippen molar-refractivity contribution in [2.24, 2.45) is 0 Å². The maximum Gasteiger partial charge on any atom is 0.235 e. The zero-order valence-corrected chi connectivity index (χ0v) is 14.0. The van der Waals surface area contributed by atoms with Gasteiger partial charge >= 0.3 is 0 Å². The highest BCUT2D eigenvalue weighted by Gasteiger charge is 2.18. The molecule has 4 aromatic rings. The smallest absolute Gasteiger partial charge is 0.235 e. The standard InChI is InChI=1S/C15H13N5O3S/c1-8-4-12(23-19-8)14-18-20-13(16-17-15(20)24-14)9-5-10(21-2)7-11(6-9)22-3/h4-7H,1-3H3. The van der Waals surface area contributed by atoms with Gasteiger partial charge in [-0.25, -0.2) is 0 Å². The van der Waals surface area contributed by atoms with Crippen LogP contribution < -0.4 is 9.47 Å². The molecule has 0 fully saturated rings. The zero-order chi connectivity index (χ0) is 16.7. The van der Waals surface area contributed by atoms with Gasteiger partial charge in [0.05, 0.1) is 19.9 Å². The summed E-state index contributed by atoms with van der Waals surface area (Å²) in [5, 5.41) is 17.5. The predicted octanol–water partition coefficient (Wildman–Crippen LogP) is 2.83. The fraction of sp³-hybridized carbons (Fsp3) is 0.200. The third kappa shape index (κ3) is 2.38. The van der Waals surface area contributed by atoms with Crippen LogP contribution in [0.25, 0.3) is 27.1 Å². The van der Waals surface area contributed by atoms with E-state index >= 15 is 0 Å². The van der Waals surface area contributed by atoms with Gasteiger partial charge in [0.15, 0.2) is 16.6 Å². The Morgan fingerprint density at radius 2 is 1.79 bits per heavy atom. The number of ether oxygens (including phenoxy) is 2. The van der Waals surface area contributed by atoms with Crippen LogP contribution in [0.15, 0.2) is 28.8 Å². The van der Waals surface area contributed by atoms with Gasteiger partial charge in [-0.15, -0.1) is 15.3 Å². The van der Waals surface area contributed by atoms with Gasteiger partial charge in [-0.3, -0.25) is 0 Å². The van der Waals surface area contributed by atoms with Crippen molar-refractivity contribution in [1.29, 1.82) is 0 Å². The number of methoxy groups -OCH3 is 2. The van der Waals surface area contributed by atoms with E-state index in [0.29, 0.717) is 33.1 Å². The fourth-order valence-electron chi connectivity index (χ4n) is 2.30. The normalized spacial score (nSPS) is 11.1. The molecule has 0 unspecified atom stereocenters. The van der Waals surface area contributed by atoms with Gasteiger partial charge in [0.2, 0.25) is 4.96 Å². The van der Waals surface area contributed by atoms with Gasteiger partial charge in [-0.05, 0) is 19.1 Å². The lowest BCUT2D eigenvalue weighted by atomic mass is 10.2. The van der Waals surface area contributed by atoms with Gasteiger partial charge in [-0.1, -0.05) is 16.5 Å². The van der Waals surface area contributed by atoms with Crippen molar-refractivity contribution in [3.63, 3.8) is 0 Å². The Bertz CT molecular complexity index is 997. The van der Waals surface area contributed by atoms with Crippen molar-refractivity contribution >= 4 is 16.3 Å². The fourth-order valence-corrected chi connectivity index (χ4v) is 3.09. The van der Waals surface area contributed by atoms with Crippen molar-refractivity contribution in [2.45, 2.75) is 6.92 Å². The molecule has 0 saturated heterocycles. The molecule has 0 aliphatic heterocycles. The quantitative estimate of drug-likeness (QED) is 0.563. The minimum atomic E-state index is 0.598. The second kappa shape index (κ2) is 5.60. The highest BCUT2D eigenvalue weighted by Crippen LogP contribution is 2.31. The van der Waals surface area contributed by atoms with Crippen LogP contribution in [-0.4, -0.2) is 39.2 Å². The molecule has 0 N–H and O–H groups in total. The third-order valence-electron chi connectivity index (χ3n) is 3.44. The van der Waals surface area contributed by atoms with Crippen LogP contribution in [0.5, 0.6) is 11.5 Å². The SMILES string of the molecule is COc1cc(OC)cc(-c2nnc3sc(-c4cc(C)no4)nn23)c1. The number of aromatic nitrogens is 5. The molecule has 8 nitrogen and oxygen atoms in total. The molecule has 4 rings (SSSR count). The van der Waals surface area contributed by atoms with Gasteiger partial charge < -0.3 is 14.0 Å². The maximum absolute atomic E-state index is 5.31. The van der Waals surface area contributed by atoms with E-state index in [1.807, 2.05) is 25.1 Å². The number of hydrogen-bond acceptors (Lipinski definition) is 8. The average Bonchev–Trinajstić information content (AvgIpc) is 3.28. The molecule has 0 saturated carbocycles. The molecule has 1 aromatic carbocycles. The Labute approximate surface area is 140 Å². The Balaban J connectivity index is 1.84. The summed E-state index contributed by atoms with van der Waals surface area (Å²) in [6, 6.07) is 7.35. The molecule has 3 aromatic heterocycles. The number of nitrogens with zero attached hydrogens (tertiary/aromatic N) is 5. The molecule has 0 bridgehead atoms. The number of hydrogen-bond donors (Lipinski definition) is 0. The largest absolute Gasteiger partial charge is 0.497 e. The first-order valence-corrected chi connectivity index (χ1v) is 7.89.